The van der Waals surface area contributed by atoms with Crippen LogP contribution in [0.2, 0.25) is 0 Å². The summed E-state index contributed by atoms with van der Waals surface area (Å²) in [7, 11) is 0. The Hall–Kier alpha value is -2.80. The number of hydrogen-bond donors (Lipinski definition) is 2. The summed E-state index contributed by atoms with van der Waals surface area (Å²) in [6.07, 6.45) is 4.54. The molecule has 5 nitrogen and oxygen atoms in total. The first-order chi connectivity index (χ1) is 13.2. The van der Waals surface area contributed by atoms with Crippen LogP contribution in [0.4, 0.5) is 15.8 Å². The van der Waals surface area contributed by atoms with Gasteiger partial charge in [-0.3, -0.25) is 0 Å². The van der Waals surface area contributed by atoms with Crippen LogP contribution in [0.5, 0.6) is 0 Å². The summed E-state index contributed by atoms with van der Waals surface area (Å²) in [5.41, 5.74) is 2.59. The molecule has 2 N–H and O–H groups in total. The van der Waals surface area contributed by atoms with Crippen molar-refractivity contribution in [3.63, 3.8) is 0 Å². The van der Waals surface area contributed by atoms with Crippen molar-refractivity contribution in [2.45, 2.75) is 32.2 Å². The highest BCUT2D eigenvalue weighted by Gasteiger charge is 2.16. The molecule has 0 amide bonds. The quantitative estimate of drug-likeness (QED) is 0.649. The first kappa shape index (κ1) is 17.6. The fraction of sp³-hybridized carbons (Fsp3) is 0.250. The largest absolute Gasteiger partial charge is 0.332 e. The van der Waals surface area contributed by atoms with Crippen molar-refractivity contribution in [2.75, 3.05) is 10.6 Å². The standard InChI is InChI=1S/C20H20FN5S/c21-15-8-10-16(11-9-15)22-20(27)23-17-6-4-5-14(13-17)19-25-24-18-7-2-1-3-12-26(18)19/h4-6,8-11,13H,1-3,7,12H2,(H2,22,23,27). The molecule has 1 aliphatic heterocycles. The minimum Gasteiger partial charge on any atom is -0.332 e. The molecule has 138 valence electrons. The smallest absolute Gasteiger partial charge is 0.175 e. The van der Waals surface area contributed by atoms with Crippen LogP contribution in [0.1, 0.15) is 25.1 Å². The average molecular weight is 381 g/mol. The summed E-state index contributed by atoms with van der Waals surface area (Å²) in [6, 6.07) is 14.0. The zero-order chi connectivity index (χ0) is 18.6. The Kier molecular flexibility index (Phi) is 5.11. The molecule has 0 spiro atoms. The van der Waals surface area contributed by atoms with E-state index in [2.05, 4.69) is 25.4 Å². The number of benzene rings is 2. The molecule has 1 aliphatic rings. The number of aromatic nitrogens is 3. The van der Waals surface area contributed by atoms with Gasteiger partial charge in [-0.1, -0.05) is 18.6 Å². The Balaban J connectivity index is 1.50. The van der Waals surface area contributed by atoms with Gasteiger partial charge in [0.1, 0.15) is 11.6 Å². The van der Waals surface area contributed by atoms with Crippen LogP contribution >= 0.6 is 12.2 Å². The number of anilines is 2. The van der Waals surface area contributed by atoms with Crippen LogP contribution in [0.25, 0.3) is 11.4 Å². The lowest BCUT2D eigenvalue weighted by Gasteiger charge is -2.12. The van der Waals surface area contributed by atoms with E-state index in [-0.39, 0.29) is 5.82 Å². The summed E-state index contributed by atoms with van der Waals surface area (Å²) in [4.78, 5) is 0. The molecule has 0 saturated heterocycles. The maximum atomic E-state index is 13.0. The van der Waals surface area contributed by atoms with Gasteiger partial charge in [0.15, 0.2) is 10.9 Å². The molecular formula is C20H20FN5S. The molecule has 0 atom stereocenters. The summed E-state index contributed by atoms with van der Waals surface area (Å²) in [5.74, 6) is 1.68. The van der Waals surface area contributed by atoms with E-state index in [4.69, 9.17) is 12.2 Å². The second-order valence-corrected chi connectivity index (χ2v) is 6.98. The molecule has 0 saturated carbocycles. The predicted molar refractivity (Wildman–Crippen MR) is 109 cm³/mol. The third kappa shape index (κ3) is 4.14. The lowest BCUT2D eigenvalue weighted by molar-refractivity contribution is 0.628. The van der Waals surface area contributed by atoms with Crippen molar-refractivity contribution in [1.82, 2.24) is 14.8 Å². The van der Waals surface area contributed by atoms with Gasteiger partial charge in [0.05, 0.1) is 0 Å². The van der Waals surface area contributed by atoms with Gasteiger partial charge in [-0.05, 0) is 61.5 Å². The molecule has 0 unspecified atom stereocenters. The summed E-state index contributed by atoms with van der Waals surface area (Å²) >= 11 is 5.36. The fourth-order valence-corrected chi connectivity index (χ4v) is 3.50. The van der Waals surface area contributed by atoms with Crippen molar-refractivity contribution in [3.05, 3.63) is 60.2 Å². The van der Waals surface area contributed by atoms with Crippen molar-refractivity contribution < 1.29 is 4.39 Å². The van der Waals surface area contributed by atoms with Gasteiger partial charge in [0, 0.05) is 29.9 Å². The SMILES string of the molecule is Fc1ccc(NC(=S)Nc2cccc(-c3nnc4n3CCCCC4)c2)cc1. The fourth-order valence-electron chi connectivity index (χ4n) is 3.26. The van der Waals surface area contributed by atoms with Crippen LogP contribution in [0, 0.1) is 5.82 Å². The van der Waals surface area contributed by atoms with E-state index >= 15 is 0 Å². The van der Waals surface area contributed by atoms with E-state index in [9.17, 15) is 4.39 Å². The number of nitrogens with zero attached hydrogens (tertiary/aromatic N) is 3. The highest BCUT2D eigenvalue weighted by atomic mass is 32.1. The van der Waals surface area contributed by atoms with E-state index in [1.165, 1.54) is 25.0 Å². The van der Waals surface area contributed by atoms with Crippen molar-refractivity contribution in [3.8, 4) is 11.4 Å². The molecule has 2 heterocycles. The highest BCUT2D eigenvalue weighted by molar-refractivity contribution is 7.80. The molecule has 27 heavy (non-hydrogen) atoms. The van der Waals surface area contributed by atoms with Crippen LogP contribution in [-0.4, -0.2) is 19.9 Å². The second-order valence-electron chi connectivity index (χ2n) is 6.57. The van der Waals surface area contributed by atoms with Gasteiger partial charge in [0.25, 0.3) is 0 Å². The average Bonchev–Trinajstić information content (AvgIpc) is 2.92. The van der Waals surface area contributed by atoms with Gasteiger partial charge in [-0.2, -0.15) is 0 Å². The molecule has 4 rings (SSSR count). The number of thiocarbonyl (C=S) groups is 1. The van der Waals surface area contributed by atoms with Gasteiger partial charge in [-0.25, -0.2) is 4.39 Å². The first-order valence-electron chi connectivity index (χ1n) is 9.05. The lowest BCUT2D eigenvalue weighted by atomic mass is 10.2. The Morgan fingerprint density at radius 3 is 2.63 bits per heavy atom. The van der Waals surface area contributed by atoms with Crippen molar-refractivity contribution in [1.29, 1.82) is 0 Å². The number of fused-ring (bicyclic) bond motifs is 1. The Labute approximate surface area is 162 Å². The van der Waals surface area contributed by atoms with Crippen LogP contribution in [0.3, 0.4) is 0 Å². The minimum absolute atomic E-state index is 0.278. The molecule has 0 bridgehead atoms. The Morgan fingerprint density at radius 2 is 1.78 bits per heavy atom. The zero-order valence-corrected chi connectivity index (χ0v) is 15.6. The van der Waals surface area contributed by atoms with Gasteiger partial charge < -0.3 is 15.2 Å². The maximum Gasteiger partial charge on any atom is 0.175 e. The van der Waals surface area contributed by atoms with Gasteiger partial charge in [0.2, 0.25) is 0 Å². The van der Waals surface area contributed by atoms with Gasteiger partial charge >= 0.3 is 0 Å². The number of halogens is 1. The van der Waals surface area contributed by atoms with Gasteiger partial charge in [-0.15, -0.1) is 10.2 Å². The molecule has 2 aromatic carbocycles. The monoisotopic (exact) mass is 381 g/mol. The minimum atomic E-state index is -0.278. The number of rotatable bonds is 3. The van der Waals surface area contributed by atoms with E-state index < -0.39 is 0 Å². The third-order valence-electron chi connectivity index (χ3n) is 4.59. The number of hydrogen-bond acceptors (Lipinski definition) is 3. The number of aryl methyl sites for hydroxylation is 1. The van der Waals surface area contributed by atoms with E-state index in [1.54, 1.807) is 12.1 Å². The van der Waals surface area contributed by atoms with E-state index in [0.29, 0.717) is 5.11 Å². The molecule has 0 radical (unpaired) electrons. The third-order valence-corrected chi connectivity index (χ3v) is 4.79. The highest BCUT2D eigenvalue weighted by Crippen LogP contribution is 2.25. The lowest BCUT2D eigenvalue weighted by Crippen LogP contribution is -2.19. The summed E-state index contributed by atoms with van der Waals surface area (Å²) in [5, 5.41) is 15.4. The molecular weight excluding hydrogens is 361 g/mol. The van der Waals surface area contributed by atoms with E-state index in [0.717, 1.165) is 48.0 Å². The normalized spacial score (nSPS) is 13.5. The maximum absolute atomic E-state index is 13.0. The molecule has 0 fully saturated rings. The molecule has 1 aromatic heterocycles. The Morgan fingerprint density at radius 1 is 0.963 bits per heavy atom. The molecule has 0 aliphatic carbocycles. The first-order valence-corrected chi connectivity index (χ1v) is 9.46. The van der Waals surface area contributed by atoms with Crippen LogP contribution in [0.15, 0.2) is 48.5 Å². The molecule has 3 aromatic rings. The van der Waals surface area contributed by atoms with E-state index in [1.807, 2.05) is 24.3 Å². The molecule has 7 heteroatoms. The van der Waals surface area contributed by atoms with Crippen molar-refractivity contribution >= 4 is 28.7 Å². The summed E-state index contributed by atoms with van der Waals surface area (Å²) in [6.45, 7) is 0.958. The topological polar surface area (TPSA) is 54.8 Å². The predicted octanol–water partition coefficient (Wildman–Crippen LogP) is 4.62. The summed E-state index contributed by atoms with van der Waals surface area (Å²) < 4.78 is 15.2. The second kappa shape index (κ2) is 7.84. The van der Waals surface area contributed by atoms with Crippen LogP contribution < -0.4 is 10.6 Å². The Bertz CT molecular complexity index is 951. The van der Waals surface area contributed by atoms with Crippen molar-refractivity contribution in [2.24, 2.45) is 0 Å². The van der Waals surface area contributed by atoms with Crippen LogP contribution in [-0.2, 0) is 13.0 Å². The number of nitrogens with one attached hydrogen (secondary N) is 2. The zero-order valence-electron chi connectivity index (χ0n) is 14.8.